The molecule has 4 aliphatic rings. The summed E-state index contributed by atoms with van der Waals surface area (Å²) in [5, 5.41) is -3.01. The van der Waals surface area contributed by atoms with E-state index >= 15 is 0 Å². The zero-order valence-corrected chi connectivity index (χ0v) is 32.9. The summed E-state index contributed by atoms with van der Waals surface area (Å²) >= 11 is 23.4. The van der Waals surface area contributed by atoms with E-state index < -0.39 is 10.5 Å². The molecule has 4 saturated carbocycles. The molecular formula is C36H68OP2S4. The predicted octanol–water partition coefficient (Wildman–Crippen LogP) is 13.3. The van der Waals surface area contributed by atoms with Gasteiger partial charge in [0.25, 0.3) is 0 Å². The Balaban J connectivity index is 0.999. The van der Waals surface area contributed by atoms with Gasteiger partial charge in [0.05, 0.1) is 0 Å². The van der Waals surface area contributed by atoms with Gasteiger partial charge in [0.1, 0.15) is 0 Å². The molecule has 0 saturated heterocycles. The molecule has 4 rings (SSSR count). The normalized spacial score (nSPS) is 30.9. The molecule has 0 spiro atoms. The van der Waals surface area contributed by atoms with Gasteiger partial charge < -0.3 is 4.74 Å². The fraction of sp³-hybridized carbons (Fsp3) is 1.00. The monoisotopic (exact) mass is 706 g/mol. The molecule has 6 atom stereocenters. The highest BCUT2D eigenvalue weighted by molar-refractivity contribution is 8.64. The van der Waals surface area contributed by atoms with Crippen LogP contribution in [0.4, 0.5) is 0 Å². The highest BCUT2D eigenvalue weighted by atomic mass is 32.9. The van der Waals surface area contributed by atoms with Gasteiger partial charge in [-0.1, -0.05) is 126 Å². The number of thiol groups is 2. The molecule has 7 heteroatoms. The Hall–Kier alpha value is 1.96. The van der Waals surface area contributed by atoms with Crippen LogP contribution in [-0.2, 0) is 28.4 Å². The lowest BCUT2D eigenvalue weighted by Gasteiger charge is -2.42. The van der Waals surface area contributed by atoms with Crippen molar-refractivity contribution in [1.29, 1.82) is 0 Å². The maximum Gasteiger partial charge on any atom is 0.0466 e. The number of rotatable bonds is 18. The Kier molecular flexibility index (Phi) is 18.0. The molecule has 0 heterocycles. The Bertz CT molecular complexity index is 788. The van der Waals surface area contributed by atoms with Crippen molar-refractivity contribution in [1.82, 2.24) is 0 Å². The largest absolute Gasteiger partial charge is 0.381 e. The van der Waals surface area contributed by atoms with Crippen LogP contribution in [0.15, 0.2) is 0 Å². The molecular weight excluding hydrogens is 639 g/mol. The van der Waals surface area contributed by atoms with Crippen LogP contribution in [-0.4, -0.2) is 35.8 Å². The molecule has 0 radical (unpaired) electrons. The van der Waals surface area contributed by atoms with Crippen molar-refractivity contribution in [3.8, 4) is 0 Å². The predicted molar refractivity (Wildman–Crippen MR) is 209 cm³/mol. The van der Waals surface area contributed by atoms with Crippen LogP contribution in [0.1, 0.15) is 180 Å². The van der Waals surface area contributed by atoms with E-state index in [0.717, 1.165) is 47.7 Å². The zero-order valence-electron chi connectivity index (χ0n) is 27.7. The molecule has 4 aliphatic carbocycles. The van der Waals surface area contributed by atoms with Crippen LogP contribution in [0, 0.1) is 11.8 Å². The highest BCUT2D eigenvalue weighted by Crippen LogP contribution is 2.69. The lowest BCUT2D eigenvalue weighted by atomic mass is 9.85. The summed E-state index contributed by atoms with van der Waals surface area (Å²) in [5.41, 5.74) is 3.11. The van der Waals surface area contributed by atoms with Gasteiger partial charge in [0.2, 0.25) is 0 Å². The maximum absolute atomic E-state index is 6.38. The molecule has 0 bridgehead atoms. The van der Waals surface area contributed by atoms with Crippen LogP contribution in [0.2, 0.25) is 0 Å². The summed E-state index contributed by atoms with van der Waals surface area (Å²) in [6.45, 7) is 1.92. The van der Waals surface area contributed by atoms with E-state index in [2.05, 4.69) is 0 Å². The fourth-order valence-corrected chi connectivity index (χ4v) is 21.8. The summed E-state index contributed by atoms with van der Waals surface area (Å²) in [4.78, 5) is 0. The van der Waals surface area contributed by atoms with Gasteiger partial charge in [-0.05, 0) is 112 Å². The highest BCUT2D eigenvalue weighted by Gasteiger charge is 2.40. The van der Waals surface area contributed by atoms with Gasteiger partial charge in [0, 0.05) is 23.7 Å². The van der Waals surface area contributed by atoms with Crippen LogP contribution >= 0.6 is 35.0 Å². The molecule has 0 aromatic carbocycles. The SMILES string of the molecule is S=P(S)(C1CCCCC1)C1CCCCC1CCCCCCOCCCCCCC1CCCCC1P(=S)(S)C1CCCCC1. The molecule has 4 fully saturated rings. The lowest BCUT2D eigenvalue weighted by Crippen LogP contribution is -2.28. The van der Waals surface area contributed by atoms with E-state index in [1.807, 2.05) is 0 Å². The summed E-state index contributed by atoms with van der Waals surface area (Å²) in [6, 6.07) is 0. The van der Waals surface area contributed by atoms with Crippen molar-refractivity contribution >= 4 is 58.6 Å². The summed E-state index contributed by atoms with van der Waals surface area (Å²) in [6.07, 6.45) is 38.7. The Morgan fingerprint density at radius 1 is 0.442 bits per heavy atom. The van der Waals surface area contributed by atoms with Crippen molar-refractivity contribution in [2.24, 2.45) is 11.8 Å². The van der Waals surface area contributed by atoms with Crippen LogP contribution in [0.5, 0.6) is 0 Å². The number of ether oxygens (including phenoxy) is 1. The van der Waals surface area contributed by atoms with E-state index in [9.17, 15) is 0 Å². The summed E-state index contributed by atoms with van der Waals surface area (Å²) in [5.74, 6) is 1.74. The average Bonchev–Trinajstić information content (AvgIpc) is 3.04. The molecule has 0 N–H and O–H groups in total. The fourth-order valence-electron chi connectivity index (χ4n) is 9.50. The molecule has 0 aromatic heterocycles. The minimum absolute atomic E-state index is 0.774. The standard InChI is InChI=1S/C36H68OP2S4/c40-38(41,33-23-9-5-10-24-33)35-27-15-13-21-31(35)19-7-1-3-17-29-37-30-18-4-2-8-20-32-22-14-16-28-36(32)39(42,43)34-25-11-6-12-26-34/h31-36H,1-30H2,(H,40,41)(H,42,43). The Labute approximate surface area is 289 Å². The van der Waals surface area contributed by atoms with E-state index in [1.165, 1.54) is 180 Å². The second kappa shape index (κ2) is 20.5. The van der Waals surface area contributed by atoms with Crippen molar-refractivity contribution < 1.29 is 4.74 Å². The lowest BCUT2D eigenvalue weighted by molar-refractivity contribution is 0.125. The van der Waals surface area contributed by atoms with Gasteiger partial charge in [-0.15, -0.1) is 24.5 Å². The second-order valence-corrected chi connectivity index (χ2v) is 29.9. The van der Waals surface area contributed by atoms with Gasteiger partial charge >= 0.3 is 0 Å². The topological polar surface area (TPSA) is 9.23 Å². The van der Waals surface area contributed by atoms with E-state index in [1.54, 1.807) is 0 Å². The molecule has 252 valence electrons. The number of hydrogen-bond donors (Lipinski definition) is 2. The van der Waals surface area contributed by atoms with Crippen molar-refractivity contribution in [3.63, 3.8) is 0 Å². The maximum atomic E-state index is 6.38. The molecule has 0 aliphatic heterocycles. The van der Waals surface area contributed by atoms with Gasteiger partial charge in [-0.25, -0.2) is 0 Å². The zero-order chi connectivity index (χ0) is 30.4. The third-order valence-corrected chi connectivity index (χ3v) is 25.7. The summed E-state index contributed by atoms with van der Waals surface area (Å²) < 4.78 is 6.05. The van der Waals surface area contributed by atoms with E-state index in [-0.39, 0.29) is 0 Å². The first kappa shape index (κ1) is 37.8. The Morgan fingerprint density at radius 2 is 0.791 bits per heavy atom. The van der Waals surface area contributed by atoms with Crippen LogP contribution in [0.25, 0.3) is 0 Å². The first-order valence-electron chi connectivity index (χ1n) is 19.1. The summed E-state index contributed by atoms with van der Waals surface area (Å²) in [7, 11) is 0. The minimum atomic E-state index is -1.51. The van der Waals surface area contributed by atoms with E-state index in [0.29, 0.717) is 0 Å². The Morgan fingerprint density at radius 3 is 1.21 bits per heavy atom. The van der Waals surface area contributed by atoms with Gasteiger partial charge in [0.15, 0.2) is 0 Å². The molecule has 1 nitrogen and oxygen atoms in total. The van der Waals surface area contributed by atoms with Crippen LogP contribution in [0.3, 0.4) is 0 Å². The minimum Gasteiger partial charge on any atom is -0.381 e. The molecule has 0 amide bonds. The average molecular weight is 707 g/mol. The van der Waals surface area contributed by atoms with Gasteiger partial charge in [-0.2, -0.15) is 0 Å². The second-order valence-electron chi connectivity index (χ2n) is 15.2. The first-order chi connectivity index (χ1) is 20.9. The van der Waals surface area contributed by atoms with Crippen LogP contribution < -0.4 is 0 Å². The van der Waals surface area contributed by atoms with Crippen molar-refractivity contribution in [3.05, 3.63) is 0 Å². The number of unbranched alkanes of at least 4 members (excludes halogenated alkanes) is 6. The molecule has 43 heavy (non-hydrogen) atoms. The van der Waals surface area contributed by atoms with E-state index in [4.69, 9.17) is 52.8 Å². The smallest absolute Gasteiger partial charge is 0.0466 e. The third kappa shape index (κ3) is 12.1. The molecule has 0 aromatic rings. The molecule has 6 unspecified atom stereocenters. The third-order valence-electron chi connectivity index (χ3n) is 12.1. The van der Waals surface area contributed by atoms with Crippen molar-refractivity contribution in [2.45, 2.75) is 202 Å². The van der Waals surface area contributed by atoms with Crippen molar-refractivity contribution in [2.75, 3.05) is 13.2 Å². The first-order valence-corrected chi connectivity index (χ1v) is 27.3. The quantitative estimate of drug-likeness (QED) is 0.0835. The van der Waals surface area contributed by atoms with Gasteiger partial charge in [-0.3, -0.25) is 0 Å². The number of hydrogen-bond acceptors (Lipinski definition) is 3.